The van der Waals surface area contributed by atoms with Gasteiger partial charge in [-0.2, -0.15) is 0 Å². The summed E-state index contributed by atoms with van der Waals surface area (Å²) < 4.78 is 5.00. The highest BCUT2D eigenvalue weighted by molar-refractivity contribution is 4.89. The molecule has 2 N–H and O–H groups in total. The Balaban J connectivity index is 2.11. The average Bonchev–Trinajstić information content (AvgIpc) is 2.31. The van der Waals surface area contributed by atoms with E-state index in [2.05, 4.69) is 11.8 Å². The Morgan fingerprint density at radius 3 is 2.83 bits per heavy atom. The first kappa shape index (κ1) is 9.96. The van der Waals surface area contributed by atoms with E-state index >= 15 is 0 Å². The second kappa shape index (κ2) is 4.21. The van der Waals surface area contributed by atoms with Crippen molar-refractivity contribution in [3.8, 4) is 0 Å². The maximum absolute atomic E-state index is 6.00. The summed E-state index contributed by atoms with van der Waals surface area (Å²) in [5.41, 5.74) is 6.05. The van der Waals surface area contributed by atoms with E-state index < -0.39 is 0 Å². The molecule has 3 heteroatoms. The predicted molar refractivity (Wildman–Crippen MR) is 50.1 cm³/mol. The molecule has 1 atom stereocenters. The largest absolute Gasteiger partial charge is 0.385 e. The van der Waals surface area contributed by atoms with Crippen LogP contribution in [0.25, 0.3) is 0 Å². The summed E-state index contributed by atoms with van der Waals surface area (Å²) in [7, 11) is 1.75. The molecule has 0 aromatic heterocycles. The molecule has 1 heterocycles. The van der Waals surface area contributed by atoms with Gasteiger partial charge in [-0.1, -0.05) is 0 Å². The molecule has 0 aromatic carbocycles. The minimum Gasteiger partial charge on any atom is -0.385 e. The van der Waals surface area contributed by atoms with Gasteiger partial charge in [0.15, 0.2) is 0 Å². The summed E-state index contributed by atoms with van der Waals surface area (Å²) in [4.78, 5) is 2.42. The molecule has 0 aromatic rings. The van der Waals surface area contributed by atoms with Gasteiger partial charge in [0.05, 0.1) is 0 Å². The quantitative estimate of drug-likeness (QED) is 0.626. The summed E-state index contributed by atoms with van der Waals surface area (Å²) in [5, 5.41) is 0. The zero-order chi connectivity index (χ0) is 9.03. The van der Waals surface area contributed by atoms with Gasteiger partial charge in [-0.05, 0) is 26.3 Å². The number of nitrogens with two attached hydrogens (primary N) is 1. The molecular weight excluding hydrogens is 152 g/mol. The van der Waals surface area contributed by atoms with Crippen LogP contribution in [0.1, 0.15) is 19.8 Å². The number of nitrogens with zero attached hydrogens (tertiary/aromatic N) is 1. The highest BCUT2D eigenvalue weighted by Gasteiger charge is 2.28. The van der Waals surface area contributed by atoms with Crippen LogP contribution in [0.15, 0.2) is 0 Å². The molecule has 0 saturated carbocycles. The minimum atomic E-state index is 0.0487. The second-order valence-electron chi connectivity index (χ2n) is 4.03. The lowest BCUT2D eigenvalue weighted by Crippen LogP contribution is -2.39. The second-order valence-corrected chi connectivity index (χ2v) is 4.03. The van der Waals surface area contributed by atoms with E-state index in [-0.39, 0.29) is 5.54 Å². The van der Waals surface area contributed by atoms with Gasteiger partial charge in [-0.15, -0.1) is 0 Å². The fraction of sp³-hybridized carbons (Fsp3) is 1.00. The van der Waals surface area contributed by atoms with Crippen LogP contribution in [0.5, 0.6) is 0 Å². The van der Waals surface area contributed by atoms with Crippen molar-refractivity contribution in [1.29, 1.82) is 0 Å². The third-order valence-corrected chi connectivity index (χ3v) is 2.41. The van der Waals surface area contributed by atoms with Crippen LogP contribution in [-0.2, 0) is 4.74 Å². The van der Waals surface area contributed by atoms with Crippen LogP contribution < -0.4 is 5.73 Å². The van der Waals surface area contributed by atoms with Gasteiger partial charge >= 0.3 is 0 Å². The number of hydrogen-bond donors (Lipinski definition) is 1. The molecule has 72 valence electrons. The van der Waals surface area contributed by atoms with E-state index in [1.807, 2.05) is 0 Å². The van der Waals surface area contributed by atoms with Crippen molar-refractivity contribution in [1.82, 2.24) is 4.90 Å². The van der Waals surface area contributed by atoms with Crippen LogP contribution in [-0.4, -0.2) is 43.8 Å². The van der Waals surface area contributed by atoms with Gasteiger partial charge < -0.3 is 15.4 Å². The van der Waals surface area contributed by atoms with E-state index in [1.165, 1.54) is 0 Å². The van der Waals surface area contributed by atoms with E-state index in [1.54, 1.807) is 7.11 Å². The summed E-state index contributed by atoms with van der Waals surface area (Å²) in [6.45, 7) is 6.30. The number of hydrogen-bond acceptors (Lipinski definition) is 3. The lowest BCUT2D eigenvalue weighted by molar-refractivity contribution is 0.178. The maximum atomic E-state index is 6.00. The first-order chi connectivity index (χ1) is 5.64. The number of likely N-dealkylation sites (tertiary alicyclic amines) is 1. The van der Waals surface area contributed by atoms with Crippen LogP contribution in [0, 0.1) is 0 Å². The predicted octanol–water partition coefficient (Wildman–Crippen LogP) is 0.446. The molecule has 0 radical (unpaired) electrons. The van der Waals surface area contributed by atoms with E-state index in [0.29, 0.717) is 0 Å². The monoisotopic (exact) mass is 172 g/mol. The average molecular weight is 172 g/mol. The van der Waals surface area contributed by atoms with Crippen molar-refractivity contribution >= 4 is 0 Å². The smallest absolute Gasteiger partial charge is 0.0474 e. The summed E-state index contributed by atoms with van der Waals surface area (Å²) >= 11 is 0. The van der Waals surface area contributed by atoms with Crippen LogP contribution in [0.2, 0.25) is 0 Å². The molecule has 12 heavy (non-hydrogen) atoms. The standard InChI is InChI=1S/C9H20N2O/c1-9(10)4-6-11(8-9)5-3-7-12-2/h3-8,10H2,1-2H3. The molecule has 0 bridgehead atoms. The fourth-order valence-corrected chi connectivity index (χ4v) is 1.71. The molecule has 1 unspecified atom stereocenters. The van der Waals surface area contributed by atoms with E-state index in [0.717, 1.165) is 39.1 Å². The van der Waals surface area contributed by atoms with Crippen LogP contribution >= 0.6 is 0 Å². The molecule has 1 fully saturated rings. The lowest BCUT2D eigenvalue weighted by Gasteiger charge is -2.19. The normalized spacial score (nSPS) is 31.2. The molecule has 0 aliphatic carbocycles. The Labute approximate surface area is 74.9 Å². The Morgan fingerprint density at radius 2 is 2.33 bits per heavy atom. The van der Waals surface area contributed by atoms with Gasteiger partial charge in [0.1, 0.15) is 0 Å². The Kier molecular flexibility index (Phi) is 3.50. The van der Waals surface area contributed by atoms with Gasteiger partial charge in [-0.25, -0.2) is 0 Å². The van der Waals surface area contributed by atoms with Crippen LogP contribution in [0.3, 0.4) is 0 Å². The van der Waals surface area contributed by atoms with Crippen molar-refractivity contribution in [2.45, 2.75) is 25.3 Å². The number of ether oxygens (including phenoxy) is 1. The first-order valence-electron chi connectivity index (χ1n) is 4.64. The Bertz CT molecular complexity index is 136. The van der Waals surface area contributed by atoms with Crippen molar-refractivity contribution < 1.29 is 4.74 Å². The van der Waals surface area contributed by atoms with Gasteiger partial charge in [0.25, 0.3) is 0 Å². The van der Waals surface area contributed by atoms with Gasteiger partial charge in [0.2, 0.25) is 0 Å². The highest BCUT2D eigenvalue weighted by atomic mass is 16.5. The van der Waals surface area contributed by atoms with Crippen molar-refractivity contribution in [3.63, 3.8) is 0 Å². The zero-order valence-electron chi connectivity index (χ0n) is 8.18. The third-order valence-electron chi connectivity index (χ3n) is 2.41. The molecule has 0 amide bonds. The first-order valence-corrected chi connectivity index (χ1v) is 4.64. The highest BCUT2D eigenvalue weighted by Crippen LogP contribution is 2.17. The maximum Gasteiger partial charge on any atom is 0.0474 e. The van der Waals surface area contributed by atoms with E-state index in [9.17, 15) is 0 Å². The molecule has 3 nitrogen and oxygen atoms in total. The molecule has 1 aliphatic heterocycles. The summed E-state index contributed by atoms with van der Waals surface area (Å²) in [6, 6.07) is 0. The number of rotatable bonds is 4. The topological polar surface area (TPSA) is 38.5 Å². The third kappa shape index (κ3) is 3.09. The fourth-order valence-electron chi connectivity index (χ4n) is 1.71. The van der Waals surface area contributed by atoms with Crippen LogP contribution in [0.4, 0.5) is 0 Å². The Hall–Kier alpha value is -0.120. The zero-order valence-corrected chi connectivity index (χ0v) is 8.18. The SMILES string of the molecule is COCCCN1CCC(C)(N)C1. The molecule has 0 spiro atoms. The molecule has 1 rings (SSSR count). The van der Waals surface area contributed by atoms with Crippen molar-refractivity contribution in [2.75, 3.05) is 33.4 Å². The lowest BCUT2D eigenvalue weighted by atomic mass is 10.0. The summed E-state index contributed by atoms with van der Waals surface area (Å²) in [6.07, 6.45) is 2.24. The molecule has 1 saturated heterocycles. The van der Waals surface area contributed by atoms with E-state index in [4.69, 9.17) is 10.5 Å². The summed E-state index contributed by atoms with van der Waals surface area (Å²) in [5.74, 6) is 0. The number of methoxy groups -OCH3 is 1. The molecule has 1 aliphatic rings. The van der Waals surface area contributed by atoms with Gasteiger partial charge in [-0.3, -0.25) is 0 Å². The van der Waals surface area contributed by atoms with Crippen molar-refractivity contribution in [3.05, 3.63) is 0 Å². The Morgan fingerprint density at radius 1 is 1.58 bits per heavy atom. The minimum absolute atomic E-state index is 0.0487. The van der Waals surface area contributed by atoms with Gasteiger partial charge in [0, 0.05) is 32.3 Å². The van der Waals surface area contributed by atoms with Crippen molar-refractivity contribution in [2.24, 2.45) is 5.73 Å². The molecular formula is C9H20N2O.